The van der Waals surface area contributed by atoms with Gasteiger partial charge >= 0.3 is 0 Å². The number of hydrogen-bond donors (Lipinski definition) is 1. The Morgan fingerprint density at radius 1 is 1.40 bits per heavy atom. The van der Waals surface area contributed by atoms with Crippen molar-refractivity contribution < 1.29 is 4.74 Å². The van der Waals surface area contributed by atoms with Crippen molar-refractivity contribution in [2.75, 3.05) is 18.9 Å². The summed E-state index contributed by atoms with van der Waals surface area (Å²) >= 11 is 0. The lowest BCUT2D eigenvalue weighted by Gasteiger charge is -2.21. The molecule has 0 bridgehead atoms. The predicted molar refractivity (Wildman–Crippen MR) is 75.8 cm³/mol. The summed E-state index contributed by atoms with van der Waals surface area (Å²) in [5.41, 5.74) is 6.41. The van der Waals surface area contributed by atoms with Crippen molar-refractivity contribution in [2.24, 2.45) is 5.92 Å². The first-order chi connectivity index (χ1) is 9.74. The van der Waals surface area contributed by atoms with Gasteiger partial charge in [-0.1, -0.05) is 0 Å². The van der Waals surface area contributed by atoms with Gasteiger partial charge in [0.1, 0.15) is 0 Å². The van der Waals surface area contributed by atoms with E-state index in [9.17, 15) is 4.79 Å². The normalized spacial score (nSPS) is 16.4. The molecule has 1 aliphatic heterocycles. The summed E-state index contributed by atoms with van der Waals surface area (Å²) in [4.78, 5) is 12.0. The van der Waals surface area contributed by atoms with Crippen LogP contribution in [0.5, 0.6) is 0 Å². The monoisotopic (exact) mass is 274 g/mol. The van der Waals surface area contributed by atoms with Crippen molar-refractivity contribution in [3.05, 3.63) is 41.1 Å². The van der Waals surface area contributed by atoms with Crippen LogP contribution in [0.15, 0.2) is 35.5 Å². The molecule has 1 saturated heterocycles. The van der Waals surface area contributed by atoms with Crippen molar-refractivity contribution in [1.82, 2.24) is 14.3 Å². The standard InChI is InChI=1S/C14H18N4O2/c15-13-2-1-5-18(14(13)19)12-8-16-17(10-12)9-11-3-6-20-7-4-11/h1-2,5,8,10-11H,3-4,6-7,9,15H2. The Balaban J connectivity index is 1.79. The van der Waals surface area contributed by atoms with Gasteiger partial charge in [0.25, 0.3) is 5.56 Å². The zero-order chi connectivity index (χ0) is 13.9. The second-order valence-electron chi connectivity index (χ2n) is 5.12. The van der Waals surface area contributed by atoms with E-state index in [1.54, 1.807) is 24.5 Å². The van der Waals surface area contributed by atoms with Crippen LogP contribution in [0.2, 0.25) is 0 Å². The van der Waals surface area contributed by atoms with E-state index in [4.69, 9.17) is 10.5 Å². The molecule has 0 saturated carbocycles. The highest BCUT2D eigenvalue weighted by atomic mass is 16.5. The number of aromatic nitrogens is 3. The molecule has 20 heavy (non-hydrogen) atoms. The van der Waals surface area contributed by atoms with Gasteiger partial charge in [-0.15, -0.1) is 0 Å². The van der Waals surface area contributed by atoms with E-state index >= 15 is 0 Å². The second-order valence-corrected chi connectivity index (χ2v) is 5.12. The average molecular weight is 274 g/mol. The van der Waals surface area contributed by atoms with Gasteiger partial charge < -0.3 is 10.5 Å². The van der Waals surface area contributed by atoms with Crippen LogP contribution < -0.4 is 11.3 Å². The second kappa shape index (κ2) is 5.50. The third kappa shape index (κ3) is 2.60. The predicted octanol–water partition coefficient (Wildman–Crippen LogP) is 1.04. The zero-order valence-electron chi connectivity index (χ0n) is 11.2. The van der Waals surface area contributed by atoms with Gasteiger partial charge in [-0.25, -0.2) is 0 Å². The summed E-state index contributed by atoms with van der Waals surface area (Å²) in [6.45, 7) is 2.52. The number of anilines is 1. The molecule has 1 aliphatic rings. The number of pyridine rings is 1. The summed E-state index contributed by atoms with van der Waals surface area (Å²) in [6.07, 6.45) is 7.41. The van der Waals surface area contributed by atoms with Crippen LogP contribution in [-0.2, 0) is 11.3 Å². The van der Waals surface area contributed by atoms with E-state index in [0.717, 1.165) is 38.3 Å². The van der Waals surface area contributed by atoms with Crippen LogP contribution in [-0.4, -0.2) is 27.6 Å². The summed E-state index contributed by atoms with van der Waals surface area (Å²) in [7, 11) is 0. The van der Waals surface area contributed by atoms with Crippen LogP contribution in [0, 0.1) is 5.92 Å². The quantitative estimate of drug-likeness (QED) is 0.907. The molecular weight excluding hydrogens is 256 g/mol. The fourth-order valence-electron chi connectivity index (χ4n) is 2.48. The fraction of sp³-hybridized carbons (Fsp3) is 0.429. The molecule has 0 atom stereocenters. The van der Waals surface area contributed by atoms with E-state index in [2.05, 4.69) is 5.10 Å². The molecule has 3 heterocycles. The van der Waals surface area contributed by atoms with Crippen LogP contribution in [0.4, 0.5) is 5.69 Å². The van der Waals surface area contributed by atoms with Crippen LogP contribution in [0.1, 0.15) is 12.8 Å². The minimum absolute atomic E-state index is 0.210. The van der Waals surface area contributed by atoms with E-state index in [1.807, 2.05) is 10.9 Å². The molecule has 2 aromatic rings. The summed E-state index contributed by atoms with van der Waals surface area (Å²) in [6, 6.07) is 3.36. The molecule has 0 spiro atoms. The Morgan fingerprint density at radius 3 is 3.00 bits per heavy atom. The number of hydrogen-bond acceptors (Lipinski definition) is 4. The van der Waals surface area contributed by atoms with Gasteiger partial charge in [-0.05, 0) is 30.9 Å². The minimum atomic E-state index is -0.210. The minimum Gasteiger partial charge on any atom is -0.394 e. The number of rotatable bonds is 3. The maximum absolute atomic E-state index is 12.0. The van der Waals surface area contributed by atoms with Gasteiger partial charge in [0, 0.05) is 32.2 Å². The largest absolute Gasteiger partial charge is 0.394 e. The number of nitrogens with two attached hydrogens (primary N) is 1. The lowest BCUT2D eigenvalue weighted by Crippen LogP contribution is -2.21. The highest BCUT2D eigenvalue weighted by molar-refractivity contribution is 5.38. The molecule has 1 fully saturated rings. The molecule has 0 amide bonds. The van der Waals surface area contributed by atoms with E-state index in [1.165, 1.54) is 4.57 Å². The van der Waals surface area contributed by atoms with Gasteiger partial charge in [0.2, 0.25) is 0 Å². The molecule has 2 N–H and O–H groups in total. The zero-order valence-corrected chi connectivity index (χ0v) is 11.2. The van der Waals surface area contributed by atoms with E-state index in [0.29, 0.717) is 5.92 Å². The number of ether oxygens (including phenoxy) is 1. The summed E-state index contributed by atoms with van der Waals surface area (Å²) < 4.78 is 8.76. The van der Waals surface area contributed by atoms with Crippen LogP contribution >= 0.6 is 0 Å². The lowest BCUT2D eigenvalue weighted by molar-refractivity contribution is 0.0601. The molecular formula is C14H18N4O2. The Morgan fingerprint density at radius 2 is 2.20 bits per heavy atom. The molecule has 6 heteroatoms. The highest BCUT2D eigenvalue weighted by Gasteiger charge is 2.15. The Bertz CT molecular complexity index is 641. The third-order valence-corrected chi connectivity index (χ3v) is 3.66. The molecule has 0 radical (unpaired) electrons. The van der Waals surface area contributed by atoms with Crippen molar-refractivity contribution in [1.29, 1.82) is 0 Å². The Hall–Kier alpha value is -2.08. The first kappa shape index (κ1) is 12.9. The maximum Gasteiger partial charge on any atom is 0.278 e. The van der Waals surface area contributed by atoms with Gasteiger partial charge in [-0.3, -0.25) is 14.0 Å². The fourth-order valence-corrected chi connectivity index (χ4v) is 2.48. The number of nitrogens with zero attached hydrogens (tertiary/aromatic N) is 3. The SMILES string of the molecule is Nc1cccn(-c2cnn(CC3CCOCC3)c2)c1=O. The summed E-state index contributed by atoms with van der Waals surface area (Å²) in [5.74, 6) is 0.592. The first-order valence-electron chi connectivity index (χ1n) is 6.82. The first-order valence-corrected chi connectivity index (χ1v) is 6.82. The smallest absolute Gasteiger partial charge is 0.278 e. The van der Waals surface area contributed by atoms with Crippen LogP contribution in [0.25, 0.3) is 5.69 Å². The lowest BCUT2D eigenvalue weighted by atomic mass is 10.0. The van der Waals surface area contributed by atoms with Gasteiger partial charge in [0.05, 0.1) is 17.6 Å². The van der Waals surface area contributed by atoms with Crippen LogP contribution in [0.3, 0.4) is 0 Å². The van der Waals surface area contributed by atoms with Crippen molar-refractivity contribution in [3.63, 3.8) is 0 Å². The third-order valence-electron chi connectivity index (χ3n) is 3.66. The van der Waals surface area contributed by atoms with E-state index in [-0.39, 0.29) is 11.2 Å². The Labute approximate surface area is 116 Å². The molecule has 0 aromatic carbocycles. The molecule has 0 unspecified atom stereocenters. The highest BCUT2D eigenvalue weighted by Crippen LogP contribution is 2.17. The average Bonchev–Trinajstić information content (AvgIpc) is 2.91. The Kier molecular flexibility index (Phi) is 3.56. The van der Waals surface area contributed by atoms with Crippen molar-refractivity contribution >= 4 is 5.69 Å². The topological polar surface area (TPSA) is 75.1 Å². The maximum atomic E-state index is 12.0. The molecule has 3 rings (SSSR count). The molecule has 2 aromatic heterocycles. The summed E-state index contributed by atoms with van der Waals surface area (Å²) in [5, 5.41) is 4.33. The number of nitrogen functional groups attached to an aromatic ring is 1. The van der Waals surface area contributed by atoms with Crippen molar-refractivity contribution in [3.8, 4) is 5.69 Å². The van der Waals surface area contributed by atoms with E-state index < -0.39 is 0 Å². The molecule has 0 aliphatic carbocycles. The van der Waals surface area contributed by atoms with Crippen molar-refractivity contribution in [2.45, 2.75) is 19.4 Å². The molecule has 6 nitrogen and oxygen atoms in total. The van der Waals surface area contributed by atoms with Gasteiger partial charge in [0.15, 0.2) is 0 Å². The molecule has 106 valence electrons. The van der Waals surface area contributed by atoms with Gasteiger partial charge in [-0.2, -0.15) is 5.10 Å².